The van der Waals surface area contributed by atoms with Gasteiger partial charge in [-0.3, -0.25) is 0 Å². The molecule has 2 aliphatic rings. The average molecular weight is 450 g/mol. The first-order valence-electron chi connectivity index (χ1n) is 9.18. The summed E-state index contributed by atoms with van der Waals surface area (Å²) in [7, 11) is 1.60. The summed E-state index contributed by atoms with van der Waals surface area (Å²) in [6.45, 7) is 0. The first kappa shape index (κ1) is 24.8. The number of benzene rings is 2. The third kappa shape index (κ3) is 6.78. The van der Waals surface area contributed by atoms with Gasteiger partial charge >= 0.3 is 23.2 Å². The zero-order valence-corrected chi connectivity index (χ0v) is 17.4. The maximum atomic E-state index is 12.8. The Morgan fingerprint density at radius 2 is 1.10 bits per heavy atom. The van der Waals surface area contributed by atoms with E-state index in [0.29, 0.717) is 0 Å². The van der Waals surface area contributed by atoms with Crippen LogP contribution in [0.5, 0.6) is 5.75 Å². The standard InChI is InChI=1S/C20H16F3O.C5H5.Fe/c1-24-18-12-8-16(9-13-18)19(14-4-2-3-5-14)15-6-10-17(11-7-15)20(21,22)23;1-2-4-5-3-1;/h2-13,19H,1H3;1-5H;/q;;+2. The zero-order chi connectivity index (χ0) is 20.7. The topological polar surface area (TPSA) is 9.23 Å². The van der Waals surface area contributed by atoms with Crippen LogP contribution in [0.4, 0.5) is 13.2 Å². The SMILES string of the molecule is COc1ccc(C([C]2[CH][CH][CH][CH]2)c2ccc(C(F)(F)F)cc2)cc1.[CH]1[CH][CH][CH][CH]1.[Fe+2]. The van der Waals surface area contributed by atoms with Gasteiger partial charge in [-0.05, 0) is 99.1 Å². The summed E-state index contributed by atoms with van der Waals surface area (Å²) in [6, 6.07) is 13.0. The number of rotatable bonds is 4. The van der Waals surface area contributed by atoms with E-state index in [4.69, 9.17) is 4.74 Å². The number of methoxy groups -OCH3 is 1. The molecule has 5 heteroatoms. The van der Waals surface area contributed by atoms with Crippen molar-refractivity contribution in [1.29, 1.82) is 0 Å². The molecule has 1 unspecified atom stereocenters. The van der Waals surface area contributed by atoms with Crippen molar-refractivity contribution in [3.05, 3.63) is 129 Å². The van der Waals surface area contributed by atoms with Crippen molar-refractivity contribution in [3.8, 4) is 5.75 Å². The van der Waals surface area contributed by atoms with Crippen LogP contribution in [0.25, 0.3) is 0 Å². The Labute approximate surface area is 188 Å². The molecule has 0 bridgehead atoms. The molecule has 2 aliphatic carbocycles. The molecule has 1 atom stereocenters. The van der Waals surface area contributed by atoms with Crippen LogP contribution >= 0.6 is 0 Å². The molecule has 0 N–H and O–H groups in total. The Bertz CT molecular complexity index is 723. The van der Waals surface area contributed by atoms with Crippen LogP contribution in [0.3, 0.4) is 0 Å². The predicted octanol–water partition coefficient (Wildman–Crippen LogP) is 6.27. The summed E-state index contributed by atoms with van der Waals surface area (Å²) in [5.74, 6) is 1.67. The van der Waals surface area contributed by atoms with Gasteiger partial charge in [-0.1, -0.05) is 24.3 Å². The Hall–Kier alpha value is -1.45. The van der Waals surface area contributed by atoms with Crippen LogP contribution in [0, 0.1) is 63.7 Å². The minimum atomic E-state index is -4.32. The van der Waals surface area contributed by atoms with Crippen molar-refractivity contribution < 1.29 is 35.0 Å². The first-order valence-corrected chi connectivity index (χ1v) is 9.18. The quantitative estimate of drug-likeness (QED) is 0.499. The minimum Gasteiger partial charge on any atom is -0.497 e. The Morgan fingerprint density at radius 3 is 1.50 bits per heavy atom. The van der Waals surface area contributed by atoms with Crippen molar-refractivity contribution in [2.75, 3.05) is 7.11 Å². The molecule has 0 amide bonds. The largest absolute Gasteiger partial charge is 2.00 e. The fraction of sp³-hybridized carbons (Fsp3) is 0.120. The normalized spacial score (nSPS) is 17.6. The molecule has 0 heterocycles. The molecular formula is C25H21F3FeO+2. The molecule has 0 saturated heterocycles. The molecule has 2 aromatic carbocycles. The van der Waals surface area contributed by atoms with Crippen LogP contribution in [0.1, 0.15) is 22.6 Å². The number of hydrogen-bond donors (Lipinski definition) is 0. The summed E-state index contributed by atoms with van der Waals surface area (Å²) in [5.41, 5.74) is 1.18. The van der Waals surface area contributed by atoms with E-state index in [0.717, 1.165) is 34.9 Å². The molecule has 10 radical (unpaired) electrons. The van der Waals surface area contributed by atoms with E-state index in [-0.39, 0.29) is 23.0 Å². The third-order valence-corrected chi connectivity index (χ3v) is 4.60. The first-order chi connectivity index (χ1) is 14.0. The van der Waals surface area contributed by atoms with Gasteiger partial charge in [0.15, 0.2) is 0 Å². The van der Waals surface area contributed by atoms with E-state index in [1.54, 1.807) is 19.2 Å². The summed E-state index contributed by atoms with van der Waals surface area (Å²) >= 11 is 0. The van der Waals surface area contributed by atoms with E-state index in [1.807, 2.05) is 82.1 Å². The van der Waals surface area contributed by atoms with Gasteiger partial charge in [-0.15, -0.1) is 0 Å². The second-order valence-corrected chi connectivity index (χ2v) is 6.51. The van der Waals surface area contributed by atoms with Gasteiger partial charge in [0.1, 0.15) is 5.75 Å². The summed E-state index contributed by atoms with van der Waals surface area (Å²) in [6.07, 6.45) is 13.5. The van der Waals surface area contributed by atoms with Crippen molar-refractivity contribution in [1.82, 2.24) is 0 Å². The van der Waals surface area contributed by atoms with Crippen molar-refractivity contribution in [3.63, 3.8) is 0 Å². The number of ether oxygens (including phenoxy) is 1. The molecule has 30 heavy (non-hydrogen) atoms. The van der Waals surface area contributed by atoms with Crippen LogP contribution < -0.4 is 4.74 Å². The fourth-order valence-corrected chi connectivity index (χ4v) is 3.14. The molecule has 154 valence electrons. The predicted molar refractivity (Wildman–Crippen MR) is 108 cm³/mol. The Morgan fingerprint density at radius 1 is 0.667 bits per heavy atom. The van der Waals surface area contributed by atoms with E-state index in [9.17, 15) is 13.2 Å². The molecule has 1 nitrogen and oxygen atoms in total. The summed E-state index contributed by atoms with van der Waals surface area (Å²) in [4.78, 5) is 0. The van der Waals surface area contributed by atoms with Crippen LogP contribution in [0.15, 0.2) is 48.5 Å². The van der Waals surface area contributed by atoms with Gasteiger partial charge in [0.2, 0.25) is 0 Å². The minimum absolute atomic E-state index is 0. The fourth-order valence-electron chi connectivity index (χ4n) is 3.14. The van der Waals surface area contributed by atoms with Crippen molar-refractivity contribution >= 4 is 0 Å². The number of halogens is 3. The maximum Gasteiger partial charge on any atom is 2.00 e. The van der Waals surface area contributed by atoms with E-state index in [1.165, 1.54) is 0 Å². The number of hydrogen-bond acceptors (Lipinski definition) is 1. The van der Waals surface area contributed by atoms with Crippen LogP contribution in [-0.2, 0) is 23.2 Å². The second-order valence-electron chi connectivity index (χ2n) is 6.51. The van der Waals surface area contributed by atoms with Gasteiger partial charge in [0.05, 0.1) is 12.7 Å². The molecule has 0 spiro atoms. The zero-order valence-electron chi connectivity index (χ0n) is 16.3. The average Bonchev–Trinajstić information content (AvgIpc) is 3.46. The van der Waals surface area contributed by atoms with Gasteiger partial charge in [-0.2, -0.15) is 13.2 Å². The summed E-state index contributed by atoms with van der Waals surface area (Å²) < 4.78 is 43.5. The van der Waals surface area contributed by atoms with Gasteiger partial charge in [-0.25, -0.2) is 0 Å². The molecule has 0 aliphatic heterocycles. The van der Waals surface area contributed by atoms with Gasteiger partial charge < -0.3 is 4.74 Å². The molecule has 2 saturated carbocycles. The molecule has 0 aromatic heterocycles. The molecule has 2 fully saturated rings. The van der Waals surface area contributed by atoms with E-state index < -0.39 is 11.7 Å². The molecular weight excluding hydrogens is 429 g/mol. The maximum absolute atomic E-state index is 12.8. The van der Waals surface area contributed by atoms with Gasteiger partial charge in [0.25, 0.3) is 0 Å². The third-order valence-electron chi connectivity index (χ3n) is 4.60. The van der Waals surface area contributed by atoms with Crippen molar-refractivity contribution in [2.45, 2.75) is 12.1 Å². The second kappa shape index (κ2) is 11.8. The van der Waals surface area contributed by atoms with Gasteiger partial charge in [0, 0.05) is 5.92 Å². The summed E-state index contributed by atoms with van der Waals surface area (Å²) in [5, 5.41) is 0. The monoisotopic (exact) mass is 450 g/mol. The van der Waals surface area contributed by atoms with Crippen LogP contribution in [0.2, 0.25) is 0 Å². The number of alkyl halides is 3. The Kier molecular flexibility index (Phi) is 9.77. The Balaban J connectivity index is 0.000000468. The molecule has 4 rings (SSSR count). The molecule has 2 aromatic rings. The smallest absolute Gasteiger partial charge is 0.497 e. The van der Waals surface area contributed by atoms with Crippen LogP contribution in [-0.4, -0.2) is 7.11 Å². The van der Waals surface area contributed by atoms with E-state index in [2.05, 4.69) is 0 Å². The van der Waals surface area contributed by atoms with E-state index >= 15 is 0 Å². The van der Waals surface area contributed by atoms with Crippen molar-refractivity contribution in [2.24, 2.45) is 0 Å².